The van der Waals surface area contributed by atoms with Gasteiger partial charge in [-0.25, -0.2) is 0 Å². The van der Waals surface area contributed by atoms with Gasteiger partial charge in [0.2, 0.25) is 0 Å². The van der Waals surface area contributed by atoms with Crippen LogP contribution in [0.2, 0.25) is 0 Å². The molecule has 0 aromatic rings. The first-order valence-corrected chi connectivity index (χ1v) is 6.79. The number of hydrogen-bond acceptors (Lipinski definition) is 4. The summed E-state index contributed by atoms with van der Waals surface area (Å²) >= 11 is 0. The number of carbonyl (C=O) groups excluding carboxylic acids is 2. The first kappa shape index (κ1) is 19.3. The van der Waals surface area contributed by atoms with E-state index in [4.69, 9.17) is 9.47 Å². The molecule has 108 valence electrons. The van der Waals surface area contributed by atoms with Crippen LogP contribution in [-0.4, -0.2) is 25.2 Å². The molecule has 0 N–H and O–H groups in total. The average Bonchev–Trinajstić information content (AvgIpc) is 2.34. The summed E-state index contributed by atoms with van der Waals surface area (Å²) in [5.41, 5.74) is 0. The smallest absolute Gasteiger partial charge is 0.317 e. The molecule has 0 aliphatic carbocycles. The van der Waals surface area contributed by atoms with Gasteiger partial charge in [-0.3, -0.25) is 9.59 Å². The van der Waals surface area contributed by atoms with Crippen LogP contribution in [0.3, 0.4) is 0 Å². The van der Waals surface area contributed by atoms with Gasteiger partial charge in [0.1, 0.15) is 6.42 Å². The second-order valence-electron chi connectivity index (χ2n) is 4.42. The maximum Gasteiger partial charge on any atom is 0.317 e. The van der Waals surface area contributed by atoms with Crippen LogP contribution in [0.25, 0.3) is 0 Å². The van der Waals surface area contributed by atoms with Crippen molar-refractivity contribution in [2.45, 2.75) is 60.3 Å². The van der Waals surface area contributed by atoms with E-state index >= 15 is 0 Å². The van der Waals surface area contributed by atoms with Crippen molar-refractivity contribution in [2.24, 2.45) is 5.92 Å². The predicted octanol–water partition coefficient (Wildman–Crippen LogP) is 3.34. The zero-order valence-corrected chi connectivity index (χ0v) is 12.5. The number of esters is 2. The Bertz CT molecular complexity index is 194. The molecule has 0 aromatic carbocycles. The molecule has 0 amide bonds. The van der Waals surface area contributed by atoms with Crippen molar-refractivity contribution in [1.82, 2.24) is 0 Å². The average molecular weight is 260 g/mol. The highest BCUT2D eigenvalue weighted by molar-refractivity contribution is 5.91. The lowest BCUT2D eigenvalue weighted by Gasteiger charge is -2.03. The van der Waals surface area contributed by atoms with Crippen LogP contribution in [0, 0.1) is 5.92 Å². The largest absolute Gasteiger partial charge is 0.465 e. The Morgan fingerprint density at radius 2 is 1.22 bits per heavy atom. The fourth-order valence-corrected chi connectivity index (χ4v) is 0.652. The van der Waals surface area contributed by atoms with Crippen LogP contribution in [0.4, 0.5) is 0 Å². The fourth-order valence-electron chi connectivity index (χ4n) is 0.652. The van der Waals surface area contributed by atoms with Gasteiger partial charge in [0.05, 0.1) is 13.2 Å². The molecule has 18 heavy (non-hydrogen) atoms. The summed E-state index contributed by atoms with van der Waals surface area (Å²) in [6, 6.07) is 0. The molecule has 0 atom stereocenters. The zero-order chi connectivity index (χ0) is 14.4. The summed E-state index contributed by atoms with van der Waals surface area (Å²) in [5, 5.41) is 0. The van der Waals surface area contributed by atoms with Crippen molar-refractivity contribution in [1.29, 1.82) is 0 Å². The van der Waals surface area contributed by atoms with Crippen LogP contribution >= 0.6 is 0 Å². The first-order valence-electron chi connectivity index (χ1n) is 6.79. The Morgan fingerprint density at radius 3 is 1.44 bits per heavy atom. The number of carbonyl (C=O) groups is 2. The third-order valence-electron chi connectivity index (χ3n) is 2.04. The summed E-state index contributed by atoms with van der Waals surface area (Å²) < 4.78 is 9.40. The third-order valence-corrected chi connectivity index (χ3v) is 2.04. The van der Waals surface area contributed by atoms with Crippen molar-refractivity contribution in [2.75, 3.05) is 13.2 Å². The minimum Gasteiger partial charge on any atom is -0.465 e. The van der Waals surface area contributed by atoms with Crippen LogP contribution in [0.1, 0.15) is 60.3 Å². The van der Waals surface area contributed by atoms with Crippen molar-refractivity contribution >= 4 is 11.9 Å². The van der Waals surface area contributed by atoms with Crippen LogP contribution in [0.15, 0.2) is 0 Å². The zero-order valence-electron chi connectivity index (χ0n) is 12.5. The number of hydrogen-bond donors (Lipinski definition) is 0. The molecule has 0 rings (SSSR count). The van der Waals surface area contributed by atoms with Crippen molar-refractivity contribution in [3.8, 4) is 0 Å². The van der Waals surface area contributed by atoms with E-state index in [1.165, 1.54) is 6.42 Å². The van der Waals surface area contributed by atoms with Gasteiger partial charge in [-0.1, -0.05) is 41.0 Å². The van der Waals surface area contributed by atoms with Gasteiger partial charge in [-0.2, -0.15) is 0 Å². The van der Waals surface area contributed by atoms with E-state index in [9.17, 15) is 9.59 Å². The molecule has 0 aromatic heterocycles. The van der Waals surface area contributed by atoms with Crippen molar-refractivity contribution in [3.05, 3.63) is 0 Å². The highest BCUT2D eigenvalue weighted by Crippen LogP contribution is 1.94. The monoisotopic (exact) mass is 260 g/mol. The van der Waals surface area contributed by atoms with Crippen LogP contribution in [0.5, 0.6) is 0 Å². The Hall–Kier alpha value is -1.06. The summed E-state index contributed by atoms with van der Waals surface area (Å²) in [4.78, 5) is 21.7. The Morgan fingerprint density at radius 1 is 0.889 bits per heavy atom. The Labute approximate surface area is 111 Å². The summed E-state index contributed by atoms with van der Waals surface area (Å²) in [5.74, 6) is -0.138. The van der Waals surface area contributed by atoms with E-state index in [0.717, 1.165) is 18.8 Å². The lowest BCUT2D eigenvalue weighted by Crippen LogP contribution is -2.14. The van der Waals surface area contributed by atoms with Gasteiger partial charge in [-0.05, 0) is 18.8 Å². The van der Waals surface area contributed by atoms with E-state index in [0.29, 0.717) is 13.2 Å². The van der Waals surface area contributed by atoms with Gasteiger partial charge in [-0.15, -0.1) is 0 Å². The maximum atomic E-state index is 10.9. The van der Waals surface area contributed by atoms with Crippen LogP contribution in [-0.2, 0) is 19.1 Å². The predicted molar refractivity (Wildman–Crippen MR) is 72.2 cm³/mol. The summed E-state index contributed by atoms with van der Waals surface area (Å²) in [6.45, 7) is 11.1. The molecule has 0 aliphatic heterocycles. The summed E-state index contributed by atoms with van der Waals surface area (Å²) in [6.07, 6.45) is 2.55. The van der Waals surface area contributed by atoms with E-state index in [1.807, 2.05) is 13.8 Å². The SMILES string of the molecule is CCC(C)C.CCCOC(=O)CC(=O)OCCC. The Balaban J connectivity index is 0. The van der Waals surface area contributed by atoms with E-state index in [2.05, 4.69) is 20.8 Å². The Kier molecular flexibility index (Phi) is 15.0. The molecule has 0 unspecified atom stereocenters. The van der Waals surface area contributed by atoms with Crippen molar-refractivity contribution < 1.29 is 19.1 Å². The normalized spacial score (nSPS) is 9.44. The highest BCUT2D eigenvalue weighted by atomic mass is 16.6. The van der Waals surface area contributed by atoms with E-state index < -0.39 is 11.9 Å². The topological polar surface area (TPSA) is 52.6 Å². The molecule has 0 fully saturated rings. The molecule has 0 radical (unpaired) electrons. The second-order valence-corrected chi connectivity index (χ2v) is 4.42. The highest BCUT2D eigenvalue weighted by Gasteiger charge is 2.10. The molecule has 4 nitrogen and oxygen atoms in total. The van der Waals surface area contributed by atoms with E-state index in [1.54, 1.807) is 0 Å². The molecular weight excluding hydrogens is 232 g/mol. The van der Waals surface area contributed by atoms with E-state index in [-0.39, 0.29) is 6.42 Å². The van der Waals surface area contributed by atoms with Gasteiger partial charge >= 0.3 is 11.9 Å². The molecule has 4 heteroatoms. The minimum atomic E-state index is -0.511. The van der Waals surface area contributed by atoms with Crippen molar-refractivity contribution in [3.63, 3.8) is 0 Å². The lowest BCUT2D eigenvalue weighted by atomic mass is 10.2. The number of rotatable bonds is 7. The van der Waals surface area contributed by atoms with Gasteiger partial charge in [0.25, 0.3) is 0 Å². The fraction of sp³-hybridized carbons (Fsp3) is 0.857. The molecule has 0 heterocycles. The summed E-state index contributed by atoms with van der Waals surface area (Å²) in [7, 11) is 0. The third kappa shape index (κ3) is 17.3. The lowest BCUT2D eigenvalue weighted by molar-refractivity contribution is -0.154. The van der Waals surface area contributed by atoms with Crippen LogP contribution < -0.4 is 0 Å². The molecule has 0 spiro atoms. The second kappa shape index (κ2) is 14.0. The molecule has 0 saturated heterocycles. The molecular formula is C14H28O4. The first-order chi connectivity index (χ1) is 8.47. The number of ether oxygens (including phenoxy) is 2. The molecule has 0 aliphatic rings. The standard InChI is InChI=1S/C9H16O4.C5H12/c1-3-5-12-8(10)7-9(11)13-6-4-2;1-4-5(2)3/h3-7H2,1-2H3;5H,4H2,1-3H3. The maximum absolute atomic E-state index is 10.9. The molecule has 0 saturated carbocycles. The van der Waals surface area contributed by atoms with Gasteiger partial charge < -0.3 is 9.47 Å². The quantitative estimate of drug-likeness (QED) is 0.520. The minimum absolute atomic E-state index is 0.278. The molecule has 0 bridgehead atoms. The van der Waals surface area contributed by atoms with Gasteiger partial charge in [0.15, 0.2) is 0 Å². The van der Waals surface area contributed by atoms with Gasteiger partial charge in [0, 0.05) is 0 Å².